The summed E-state index contributed by atoms with van der Waals surface area (Å²) in [6.45, 7) is 3.54. The van der Waals surface area contributed by atoms with Crippen molar-refractivity contribution in [3.05, 3.63) is 24.0 Å². The van der Waals surface area contributed by atoms with Crippen molar-refractivity contribution >= 4 is 11.7 Å². The number of rotatable bonds is 2. The van der Waals surface area contributed by atoms with Gasteiger partial charge in [-0.15, -0.1) is 0 Å². The third kappa shape index (κ3) is 4.29. The molecule has 1 rings (SSSR count). The van der Waals surface area contributed by atoms with Crippen molar-refractivity contribution in [1.82, 2.24) is 10.3 Å². The van der Waals surface area contributed by atoms with Crippen LogP contribution in [0.1, 0.15) is 19.5 Å². The van der Waals surface area contributed by atoms with Gasteiger partial charge in [0.15, 0.2) is 0 Å². The van der Waals surface area contributed by atoms with Crippen LogP contribution in [0.15, 0.2) is 18.3 Å². The van der Waals surface area contributed by atoms with Crippen molar-refractivity contribution in [2.75, 3.05) is 5.32 Å². The minimum Gasteiger partial charge on any atom is -0.336 e. The van der Waals surface area contributed by atoms with Gasteiger partial charge in [-0.1, -0.05) is 0 Å². The Morgan fingerprint density at radius 1 is 1.35 bits per heavy atom. The summed E-state index contributed by atoms with van der Waals surface area (Å²) >= 11 is 0. The Morgan fingerprint density at radius 3 is 2.41 bits per heavy atom. The molecule has 0 aliphatic heterocycles. The first-order chi connectivity index (χ1) is 7.79. The summed E-state index contributed by atoms with van der Waals surface area (Å²) in [5.41, 5.74) is -0.788. The molecular formula is C10H12F3N3O. The van der Waals surface area contributed by atoms with Crippen molar-refractivity contribution in [3.63, 3.8) is 0 Å². The first-order valence-electron chi connectivity index (χ1n) is 4.90. The molecule has 1 aromatic heterocycles. The lowest BCUT2D eigenvalue weighted by atomic mass is 10.3. The van der Waals surface area contributed by atoms with Gasteiger partial charge >= 0.3 is 12.2 Å². The van der Waals surface area contributed by atoms with Crippen LogP contribution < -0.4 is 10.6 Å². The quantitative estimate of drug-likeness (QED) is 0.844. The second-order valence-corrected chi connectivity index (χ2v) is 3.68. The predicted molar refractivity (Wildman–Crippen MR) is 56.5 cm³/mol. The number of halogens is 3. The van der Waals surface area contributed by atoms with Gasteiger partial charge in [0.25, 0.3) is 0 Å². The van der Waals surface area contributed by atoms with Crippen molar-refractivity contribution in [2.24, 2.45) is 0 Å². The number of carbonyl (C=O) groups is 1. The molecule has 4 nitrogen and oxygen atoms in total. The summed E-state index contributed by atoms with van der Waals surface area (Å²) in [4.78, 5) is 14.4. The minimum absolute atomic E-state index is 0.0580. The van der Waals surface area contributed by atoms with Crippen LogP contribution in [0.5, 0.6) is 0 Å². The third-order valence-electron chi connectivity index (χ3n) is 1.73. The number of nitrogens with one attached hydrogen (secondary N) is 2. The minimum atomic E-state index is -4.47. The summed E-state index contributed by atoms with van der Waals surface area (Å²) in [7, 11) is 0. The molecule has 0 spiro atoms. The van der Waals surface area contributed by atoms with Gasteiger partial charge in [0, 0.05) is 6.04 Å². The van der Waals surface area contributed by atoms with Crippen molar-refractivity contribution in [2.45, 2.75) is 26.1 Å². The molecule has 0 unspecified atom stereocenters. The molecule has 0 saturated heterocycles. The third-order valence-corrected chi connectivity index (χ3v) is 1.73. The normalized spacial score (nSPS) is 11.4. The Balaban J connectivity index is 2.66. The standard InChI is InChI=1S/C10H12F3N3O/c1-6(2)15-9(17)16-7-3-4-8(14-5-7)10(11,12)13/h3-6H,1-2H3,(H2,15,16,17). The van der Waals surface area contributed by atoms with Crippen LogP contribution in [0, 0.1) is 0 Å². The highest BCUT2D eigenvalue weighted by atomic mass is 19.4. The molecule has 0 atom stereocenters. The molecule has 0 aromatic carbocycles. The number of anilines is 1. The van der Waals surface area contributed by atoms with Crippen molar-refractivity contribution < 1.29 is 18.0 Å². The molecule has 94 valence electrons. The number of carbonyl (C=O) groups excluding carboxylic acids is 1. The Bertz CT molecular complexity index is 387. The molecule has 1 heterocycles. The number of urea groups is 1. The molecule has 0 fully saturated rings. The lowest BCUT2D eigenvalue weighted by Gasteiger charge is -2.10. The highest BCUT2D eigenvalue weighted by molar-refractivity contribution is 5.89. The summed E-state index contributed by atoms with van der Waals surface area (Å²) < 4.78 is 36.6. The van der Waals surface area contributed by atoms with Gasteiger partial charge in [-0.25, -0.2) is 9.78 Å². The van der Waals surface area contributed by atoms with E-state index in [0.717, 1.165) is 18.3 Å². The van der Waals surface area contributed by atoms with Crippen LogP contribution in [0.4, 0.5) is 23.7 Å². The zero-order valence-corrected chi connectivity index (χ0v) is 9.30. The van der Waals surface area contributed by atoms with E-state index in [1.807, 2.05) is 0 Å². The number of nitrogens with zero attached hydrogens (tertiary/aromatic N) is 1. The Labute approximate surface area is 96.2 Å². The number of hydrogen-bond donors (Lipinski definition) is 2. The van der Waals surface area contributed by atoms with E-state index in [-0.39, 0.29) is 11.7 Å². The molecule has 0 aliphatic rings. The van der Waals surface area contributed by atoms with E-state index >= 15 is 0 Å². The number of hydrogen-bond acceptors (Lipinski definition) is 2. The fourth-order valence-corrected chi connectivity index (χ4v) is 1.06. The Morgan fingerprint density at radius 2 is 2.00 bits per heavy atom. The van der Waals surface area contributed by atoms with Crippen LogP contribution in [0.25, 0.3) is 0 Å². The molecule has 1 aromatic rings. The van der Waals surface area contributed by atoms with E-state index in [9.17, 15) is 18.0 Å². The largest absolute Gasteiger partial charge is 0.433 e. The molecule has 2 N–H and O–H groups in total. The van der Waals surface area contributed by atoms with Crippen molar-refractivity contribution in [3.8, 4) is 0 Å². The van der Waals surface area contributed by atoms with E-state index in [1.54, 1.807) is 13.8 Å². The number of alkyl halides is 3. The maximum atomic E-state index is 12.2. The summed E-state index contributed by atoms with van der Waals surface area (Å²) in [6, 6.07) is 1.42. The molecule has 0 radical (unpaired) electrons. The van der Waals surface area contributed by atoms with Crippen LogP contribution in [-0.4, -0.2) is 17.1 Å². The summed E-state index contributed by atoms with van der Waals surface area (Å²) in [5.74, 6) is 0. The lowest BCUT2D eigenvalue weighted by Crippen LogP contribution is -2.34. The SMILES string of the molecule is CC(C)NC(=O)Nc1ccc(C(F)(F)F)nc1. The molecule has 0 aliphatic carbocycles. The Kier molecular flexibility index (Phi) is 3.93. The van der Waals surface area contributed by atoms with Gasteiger partial charge in [0.1, 0.15) is 5.69 Å². The van der Waals surface area contributed by atoms with Crippen LogP contribution in [0.2, 0.25) is 0 Å². The number of aromatic nitrogens is 1. The van der Waals surface area contributed by atoms with Gasteiger partial charge < -0.3 is 10.6 Å². The van der Waals surface area contributed by atoms with Gasteiger partial charge in [0.05, 0.1) is 11.9 Å². The van der Waals surface area contributed by atoms with E-state index in [2.05, 4.69) is 15.6 Å². The molecule has 7 heteroatoms. The molecule has 2 amide bonds. The summed E-state index contributed by atoms with van der Waals surface area (Å²) in [5, 5.41) is 4.91. The highest BCUT2D eigenvalue weighted by Gasteiger charge is 2.32. The maximum absolute atomic E-state index is 12.2. The highest BCUT2D eigenvalue weighted by Crippen LogP contribution is 2.27. The van der Waals surface area contributed by atoms with Gasteiger partial charge in [-0.3, -0.25) is 0 Å². The summed E-state index contributed by atoms with van der Waals surface area (Å²) in [6.07, 6.45) is -3.51. The zero-order chi connectivity index (χ0) is 13.1. The molecule has 0 bridgehead atoms. The average molecular weight is 247 g/mol. The van der Waals surface area contributed by atoms with E-state index in [0.29, 0.717) is 0 Å². The molecular weight excluding hydrogens is 235 g/mol. The van der Waals surface area contributed by atoms with Gasteiger partial charge in [-0.2, -0.15) is 13.2 Å². The van der Waals surface area contributed by atoms with Gasteiger partial charge in [0.2, 0.25) is 0 Å². The fraction of sp³-hybridized carbons (Fsp3) is 0.400. The van der Waals surface area contributed by atoms with Crippen LogP contribution in [-0.2, 0) is 6.18 Å². The predicted octanol–water partition coefficient (Wildman–Crippen LogP) is 2.63. The average Bonchev–Trinajstić information content (AvgIpc) is 2.15. The number of amides is 2. The molecule has 0 saturated carbocycles. The van der Waals surface area contributed by atoms with E-state index in [4.69, 9.17) is 0 Å². The maximum Gasteiger partial charge on any atom is 0.433 e. The van der Waals surface area contributed by atoms with Gasteiger partial charge in [-0.05, 0) is 26.0 Å². The lowest BCUT2D eigenvalue weighted by molar-refractivity contribution is -0.141. The first-order valence-corrected chi connectivity index (χ1v) is 4.90. The first kappa shape index (κ1) is 13.3. The zero-order valence-electron chi connectivity index (χ0n) is 9.30. The Hall–Kier alpha value is -1.79. The smallest absolute Gasteiger partial charge is 0.336 e. The monoisotopic (exact) mass is 247 g/mol. The second kappa shape index (κ2) is 5.03. The van der Waals surface area contributed by atoms with Crippen molar-refractivity contribution in [1.29, 1.82) is 0 Å². The fourth-order valence-electron chi connectivity index (χ4n) is 1.06. The van der Waals surface area contributed by atoms with Crippen LogP contribution >= 0.6 is 0 Å². The topological polar surface area (TPSA) is 54.0 Å². The number of pyridine rings is 1. The van der Waals surface area contributed by atoms with Crippen LogP contribution in [0.3, 0.4) is 0 Å². The molecule has 17 heavy (non-hydrogen) atoms. The second-order valence-electron chi connectivity index (χ2n) is 3.68. The van der Waals surface area contributed by atoms with E-state index < -0.39 is 17.9 Å². The van der Waals surface area contributed by atoms with E-state index in [1.165, 1.54) is 0 Å².